The van der Waals surface area contributed by atoms with Gasteiger partial charge in [-0.15, -0.1) is 0 Å². The third-order valence-electron chi connectivity index (χ3n) is 2.33. The summed E-state index contributed by atoms with van der Waals surface area (Å²) in [6, 6.07) is 9.45. The van der Waals surface area contributed by atoms with Crippen LogP contribution in [0.2, 0.25) is 0 Å². The molecule has 1 unspecified atom stereocenters. The molecule has 0 N–H and O–H groups in total. The minimum absolute atomic E-state index is 0.198. The minimum Gasteiger partial charge on any atom is -0.387 e. The van der Waals surface area contributed by atoms with Gasteiger partial charge in [0, 0.05) is 6.92 Å². The summed E-state index contributed by atoms with van der Waals surface area (Å²) in [6.45, 7) is 4.86. The monoisotopic (exact) mass is 264 g/mol. The van der Waals surface area contributed by atoms with E-state index in [4.69, 9.17) is 14.2 Å². The third kappa shape index (κ3) is 3.59. The van der Waals surface area contributed by atoms with Crippen LogP contribution in [0.5, 0.6) is 0 Å². The molecule has 1 aromatic carbocycles. The van der Waals surface area contributed by atoms with Crippen LogP contribution in [0, 0.1) is 0 Å². The number of carbonyl (C=O) groups is 1. The quantitative estimate of drug-likeness (QED) is 0.619. The van der Waals surface area contributed by atoms with Gasteiger partial charge in [-0.25, -0.2) is 0 Å². The van der Waals surface area contributed by atoms with Crippen molar-refractivity contribution in [1.29, 1.82) is 0 Å². The largest absolute Gasteiger partial charge is 0.464 e. The van der Waals surface area contributed by atoms with E-state index in [1.165, 1.54) is 6.92 Å². The van der Waals surface area contributed by atoms with Crippen LogP contribution in [0.25, 0.3) is 0 Å². The minimum atomic E-state index is -1.79. The SMILES string of the molecule is CC(=O)OC1(OCc2ccccc2)N=NC(C)(C)O1. The van der Waals surface area contributed by atoms with Gasteiger partial charge in [-0.1, -0.05) is 35.4 Å². The lowest BCUT2D eigenvalue weighted by molar-refractivity contribution is -0.371. The molecule has 0 saturated carbocycles. The molecule has 0 amide bonds. The first-order valence-corrected chi connectivity index (χ1v) is 5.92. The second-order valence-electron chi connectivity index (χ2n) is 4.64. The molecule has 0 aliphatic carbocycles. The van der Waals surface area contributed by atoms with Crippen molar-refractivity contribution in [2.24, 2.45) is 10.2 Å². The van der Waals surface area contributed by atoms with Gasteiger partial charge in [-0.2, -0.15) is 5.11 Å². The van der Waals surface area contributed by atoms with Crippen LogP contribution in [0.15, 0.2) is 40.6 Å². The normalized spacial score (nSPS) is 24.4. The molecule has 2 rings (SSSR count). The van der Waals surface area contributed by atoms with Crippen molar-refractivity contribution in [3.8, 4) is 0 Å². The van der Waals surface area contributed by atoms with E-state index in [0.717, 1.165) is 5.56 Å². The molecule has 1 aromatic rings. The molecule has 6 heteroatoms. The smallest absolute Gasteiger partial charge is 0.387 e. The summed E-state index contributed by atoms with van der Waals surface area (Å²) in [5, 5.41) is 7.70. The highest BCUT2D eigenvalue weighted by Gasteiger charge is 2.48. The van der Waals surface area contributed by atoms with Gasteiger partial charge in [0.15, 0.2) is 5.72 Å². The summed E-state index contributed by atoms with van der Waals surface area (Å²) >= 11 is 0. The number of hydrogen-bond donors (Lipinski definition) is 0. The van der Waals surface area contributed by atoms with E-state index in [1.54, 1.807) is 13.8 Å². The summed E-state index contributed by atoms with van der Waals surface area (Å²) in [4.78, 5) is 11.1. The topological polar surface area (TPSA) is 69.5 Å². The lowest BCUT2D eigenvalue weighted by Crippen LogP contribution is -2.39. The van der Waals surface area contributed by atoms with Gasteiger partial charge in [-0.05, 0) is 19.4 Å². The fourth-order valence-electron chi connectivity index (χ4n) is 1.60. The number of nitrogens with zero attached hydrogens (tertiary/aromatic N) is 2. The first-order valence-electron chi connectivity index (χ1n) is 5.92. The fourth-order valence-corrected chi connectivity index (χ4v) is 1.60. The van der Waals surface area contributed by atoms with E-state index in [1.807, 2.05) is 30.3 Å². The van der Waals surface area contributed by atoms with Crippen molar-refractivity contribution in [1.82, 2.24) is 0 Å². The zero-order valence-electron chi connectivity index (χ0n) is 11.1. The second kappa shape index (κ2) is 5.07. The Hall–Kier alpha value is -1.79. The van der Waals surface area contributed by atoms with Gasteiger partial charge in [0.05, 0.1) is 6.61 Å². The average Bonchev–Trinajstić information content (AvgIpc) is 2.63. The Morgan fingerprint density at radius 2 is 1.95 bits per heavy atom. The predicted octanol–water partition coefficient (Wildman–Crippen LogP) is 2.60. The molecular formula is C13H16N2O4. The summed E-state index contributed by atoms with van der Waals surface area (Å²) in [5.41, 5.74) is 0.0316. The van der Waals surface area contributed by atoms with Crippen molar-refractivity contribution < 1.29 is 19.0 Å². The molecular weight excluding hydrogens is 248 g/mol. The Balaban J connectivity index is 2.08. The Morgan fingerprint density at radius 1 is 1.26 bits per heavy atom. The molecule has 6 nitrogen and oxygen atoms in total. The Bertz CT molecular complexity index is 487. The zero-order valence-corrected chi connectivity index (χ0v) is 11.1. The number of hydrogen-bond acceptors (Lipinski definition) is 6. The standard InChI is InChI=1S/C13H16N2O4/c1-10(16)18-13(15-14-12(2,3)19-13)17-9-11-7-5-4-6-8-11/h4-8H,9H2,1-3H3. The maximum atomic E-state index is 11.1. The fraction of sp³-hybridized carbons (Fsp3) is 0.462. The predicted molar refractivity (Wildman–Crippen MR) is 65.7 cm³/mol. The molecule has 0 bridgehead atoms. The molecule has 0 fully saturated rings. The number of ether oxygens (including phenoxy) is 3. The van der Waals surface area contributed by atoms with Crippen LogP contribution in [0.4, 0.5) is 0 Å². The van der Waals surface area contributed by atoms with E-state index in [9.17, 15) is 4.79 Å². The molecule has 19 heavy (non-hydrogen) atoms. The van der Waals surface area contributed by atoms with E-state index in [2.05, 4.69) is 10.2 Å². The zero-order chi connectivity index (χ0) is 13.9. The van der Waals surface area contributed by atoms with Crippen LogP contribution in [0.3, 0.4) is 0 Å². The molecule has 1 atom stereocenters. The van der Waals surface area contributed by atoms with Crippen molar-refractivity contribution in [2.45, 2.75) is 39.2 Å². The molecule has 0 saturated heterocycles. The van der Waals surface area contributed by atoms with Crippen molar-refractivity contribution in [3.05, 3.63) is 35.9 Å². The highest BCUT2D eigenvalue weighted by Crippen LogP contribution is 2.34. The van der Waals surface area contributed by atoms with E-state index >= 15 is 0 Å². The van der Waals surface area contributed by atoms with Crippen LogP contribution in [0.1, 0.15) is 26.3 Å². The summed E-state index contributed by atoms with van der Waals surface area (Å²) in [7, 11) is 0. The number of carbonyl (C=O) groups excluding carboxylic acids is 1. The maximum absolute atomic E-state index is 11.1. The third-order valence-corrected chi connectivity index (χ3v) is 2.33. The van der Waals surface area contributed by atoms with Crippen LogP contribution < -0.4 is 0 Å². The van der Waals surface area contributed by atoms with Gasteiger partial charge < -0.3 is 4.74 Å². The molecule has 0 spiro atoms. The van der Waals surface area contributed by atoms with Crippen molar-refractivity contribution >= 4 is 5.97 Å². The summed E-state index contributed by atoms with van der Waals surface area (Å²) in [5.74, 6) is -0.551. The number of benzene rings is 1. The van der Waals surface area contributed by atoms with Crippen molar-refractivity contribution in [2.75, 3.05) is 0 Å². The molecule has 1 heterocycles. The Morgan fingerprint density at radius 3 is 2.47 bits per heavy atom. The van der Waals surface area contributed by atoms with Gasteiger partial charge >= 0.3 is 12.1 Å². The molecule has 0 aromatic heterocycles. The van der Waals surface area contributed by atoms with Crippen LogP contribution in [-0.2, 0) is 25.6 Å². The average molecular weight is 264 g/mol. The van der Waals surface area contributed by atoms with E-state index < -0.39 is 17.8 Å². The van der Waals surface area contributed by atoms with E-state index in [0.29, 0.717) is 0 Å². The number of rotatable bonds is 4. The maximum Gasteiger partial charge on any atom is 0.464 e. The van der Waals surface area contributed by atoms with E-state index in [-0.39, 0.29) is 6.61 Å². The highest BCUT2D eigenvalue weighted by atomic mass is 16.9. The van der Waals surface area contributed by atoms with Crippen LogP contribution in [-0.4, -0.2) is 17.8 Å². The lowest BCUT2D eigenvalue weighted by atomic mass is 10.2. The molecule has 102 valence electrons. The Kier molecular flexibility index (Phi) is 3.64. The molecule has 1 aliphatic heterocycles. The summed E-state index contributed by atoms with van der Waals surface area (Å²) in [6.07, 6.45) is -1.79. The summed E-state index contributed by atoms with van der Waals surface area (Å²) < 4.78 is 16.0. The van der Waals surface area contributed by atoms with Crippen LogP contribution >= 0.6 is 0 Å². The van der Waals surface area contributed by atoms with Crippen molar-refractivity contribution in [3.63, 3.8) is 0 Å². The number of esters is 1. The molecule has 0 radical (unpaired) electrons. The van der Waals surface area contributed by atoms with Gasteiger partial charge in [0.25, 0.3) is 0 Å². The van der Waals surface area contributed by atoms with Gasteiger partial charge in [0.2, 0.25) is 0 Å². The first kappa shape index (κ1) is 13.6. The Labute approximate surface area is 111 Å². The highest BCUT2D eigenvalue weighted by molar-refractivity contribution is 5.66. The second-order valence-corrected chi connectivity index (χ2v) is 4.64. The first-order chi connectivity index (χ1) is 8.91. The van der Waals surface area contributed by atoms with Gasteiger partial charge in [0.1, 0.15) is 0 Å². The number of azo groups is 1. The molecule has 1 aliphatic rings. The van der Waals surface area contributed by atoms with Gasteiger partial charge in [-0.3, -0.25) is 14.3 Å². The lowest BCUT2D eigenvalue weighted by Gasteiger charge is -2.25.